The molecule has 1 N–H and O–H groups in total. The van der Waals surface area contributed by atoms with E-state index in [4.69, 9.17) is 4.74 Å². The third kappa shape index (κ3) is 4.35. The normalized spacial score (nSPS) is 19.3. The third-order valence-corrected chi connectivity index (χ3v) is 2.85. The maximum Gasteiger partial charge on any atom is 0.306 e. The average molecular weight is 270 g/mol. The Balaban J connectivity index is 2.38. The molecule has 1 heterocycles. The van der Waals surface area contributed by atoms with Gasteiger partial charge in [0.1, 0.15) is 6.04 Å². The van der Waals surface area contributed by atoms with Gasteiger partial charge in [0.15, 0.2) is 0 Å². The van der Waals surface area contributed by atoms with Crippen LogP contribution >= 0.6 is 0 Å². The van der Waals surface area contributed by atoms with Crippen molar-refractivity contribution in [3.05, 3.63) is 0 Å². The summed E-state index contributed by atoms with van der Waals surface area (Å²) in [6.07, 6.45) is 0.480. The van der Waals surface area contributed by atoms with Crippen molar-refractivity contribution < 1.29 is 23.9 Å². The van der Waals surface area contributed by atoms with Crippen LogP contribution in [-0.4, -0.2) is 48.3 Å². The lowest BCUT2D eigenvalue weighted by Crippen LogP contribution is -2.52. The molecule has 0 saturated carbocycles. The van der Waals surface area contributed by atoms with Crippen LogP contribution in [0.15, 0.2) is 0 Å². The number of nitrogens with one attached hydrogen (secondary N) is 1. The van der Waals surface area contributed by atoms with E-state index < -0.39 is 23.8 Å². The third-order valence-electron chi connectivity index (χ3n) is 2.85. The number of hydrogen-bond acceptors (Lipinski definition) is 5. The highest BCUT2D eigenvalue weighted by molar-refractivity contribution is 6.01. The van der Waals surface area contributed by atoms with Gasteiger partial charge in [-0.25, -0.2) is 0 Å². The Bertz CT molecular complexity index is 394. The Hall–Kier alpha value is -1.92. The number of carbonyl (C=O) groups is 4. The predicted octanol–water partition coefficient (Wildman–Crippen LogP) is -0.407. The molecule has 1 atom stereocenters. The van der Waals surface area contributed by atoms with Crippen molar-refractivity contribution in [2.24, 2.45) is 0 Å². The average Bonchev–Trinajstić information content (AvgIpc) is 2.37. The molecule has 0 radical (unpaired) electrons. The van der Waals surface area contributed by atoms with Gasteiger partial charge in [0.05, 0.1) is 13.0 Å². The second-order valence-corrected chi connectivity index (χ2v) is 4.25. The lowest BCUT2D eigenvalue weighted by molar-refractivity contribution is -0.149. The number of carbonyl (C=O) groups excluding carboxylic acids is 4. The number of esters is 1. The number of nitrogens with zero attached hydrogens (tertiary/aromatic N) is 1. The van der Waals surface area contributed by atoms with Crippen LogP contribution < -0.4 is 5.32 Å². The fourth-order valence-corrected chi connectivity index (χ4v) is 1.76. The first-order valence-corrected chi connectivity index (χ1v) is 6.21. The molecule has 1 unspecified atom stereocenters. The molecule has 7 nitrogen and oxygen atoms in total. The van der Waals surface area contributed by atoms with E-state index in [0.29, 0.717) is 6.42 Å². The van der Waals surface area contributed by atoms with Crippen LogP contribution in [0.4, 0.5) is 0 Å². The Kier molecular flexibility index (Phi) is 5.47. The number of likely N-dealkylation sites (tertiary alicyclic amines) is 1. The topological polar surface area (TPSA) is 92.8 Å². The highest BCUT2D eigenvalue weighted by Gasteiger charge is 2.32. The molecule has 1 saturated heterocycles. The minimum Gasteiger partial charge on any atom is -0.466 e. The number of likely N-dealkylation sites (N-methyl/N-ethyl adjacent to an activating group) is 1. The first-order chi connectivity index (χ1) is 8.95. The molecule has 1 fully saturated rings. The van der Waals surface area contributed by atoms with Gasteiger partial charge < -0.3 is 10.1 Å². The van der Waals surface area contributed by atoms with Crippen molar-refractivity contribution in [1.82, 2.24) is 10.2 Å². The maximum absolute atomic E-state index is 11.7. The van der Waals surface area contributed by atoms with Crippen molar-refractivity contribution in [3.63, 3.8) is 0 Å². The number of amides is 3. The molecule has 7 heteroatoms. The molecule has 0 aliphatic carbocycles. The van der Waals surface area contributed by atoms with Gasteiger partial charge in [0.2, 0.25) is 11.8 Å². The Labute approximate surface area is 111 Å². The van der Waals surface area contributed by atoms with Crippen LogP contribution in [0.1, 0.15) is 32.6 Å². The van der Waals surface area contributed by atoms with Crippen molar-refractivity contribution in [2.75, 3.05) is 13.7 Å². The molecule has 0 spiro atoms. The van der Waals surface area contributed by atoms with E-state index in [9.17, 15) is 19.2 Å². The van der Waals surface area contributed by atoms with Crippen LogP contribution in [0.3, 0.4) is 0 Å². The van der Waals surface area contributed by atoms with E-state index in [1.165, 1.54) is 7.05 Å². The van der Waals surface area contributed by atoms with Crippen LogP contribution in [-0.2, 0) is 23.9 Å². The molecule has 1 rings (SSSR count). The van der Waals surface area contributed by atoms with Crippen LogP contribution in [0.2, 0.25) is 0 Å². The smallest absolute Gasteiger partial charge is 0.306 e. The van der Waals surface area contributed by atoms with Crippen LogP contribution in [0.25, 0.3) is 0 Å². The quantitative estimate of drug-likeness (QED) is 0.541. The predicted molar refractivity (Wildman–Crippen MR) is 64.8 cm³/mol. The molecule has 1 aliphatic rings. The summed E-state index contributed by atoms with van der Waals surface area (Å²) < 4.78 is 4.70. The number of ether oxygens (including phenoxy) is 1. The zero-order valence-corrected chi connectivity index (χ0v) is 11.1. The van der Waals surface area contributed by atoms with E-state index >= 15 is 0 Å². The second-order valence-electron chi connectivity index (χ2n) is 4.25. The first-order valence-electron chi connectivity index (χ1n) is 6.21. The van der Waals surface area contributed by atoms with Gasteiger partial charge in [0, 0.05) is 19.9 Å². The molecule has 1 aliphatic heterocycles. The zero-order valence-electron chi connectivity index (χ0n) is 11.1. The van der Waals surface area contributed by atoms with Gasteiger partial charge in [0.25, 0.3) is 5.91 Å². The molecular formula is C12H18N2O5. The standard InChI is InChI=1S/C12H18N2O5/c1-3-19-11(17)7-5-9(15)13-8-4-6-10(16)14(2)12(8)18/h8H,3-7H2,1-2H3,(H,13,15). The molecule has 0 aromatic heterocycles. The minimum absolute atomic E-state index is 0.0185. The van der Waals surface area contributed by atoms with E-state index in [0.717, 1.165) is 4.90 Å². The number of hydrogen-bond donors (Lipinski definition) is 1. The lowest BCUT2D eigenvalue weighted by atomic mass is 10.0. The molecule has 106 valence electrons. The molecule has 3 amide bonds. The Morgan fingerprint density at radius 1 is 1.37 bits per heavy atom. The van der Waals surface area contributed by atoms with Gasteiger partial charge >= 0.3 is 5.97 Å². The fraction of sp³-hybridized carbons (Fsp3) is 0.667. The van der Waals surface area contributed by atoms with Gasteiger partial charge in [-0.1, -0.05) is 0 Å². The Morgan fingerprint density at radius 3 is 2.68 bits per heavy atom. The van der Waals surface area contributed by atoms with E-state index in [2.05, 4.69) is 5.32 Å². The molecular weight excluding hydrogens is 252 g/mol. The lowest BCUT2D eigenvalue weighted by Gasteiger charge is -2.28. The SMILES string of the molecule is CCOC(=O)CCC(=O)NC1CCC(=O)N(C)C1=O. The summed E-state index contributed by atoms with van der Waals surface area (Å²) in [5.41, 5.74) is 0. The number of rotatable bonds is 5. The van der Waals surface area contributed by atoms with Gasteiger partial charge in [-0.3, -0.25) is 24.1 Å². The highest BCUT2D eigenvalue weighted by atomic mass is 16.5. The number of imide groups is 1. The first kappa shape index (κ1) is 15.1. The summed E-state index contributed by atoms with van der Waals surface area (Å²) in [6, 6.07) is -0.683. The van der Waals surface area contributed by atoms with Crippen molar-refractivity contribution >= 4 is 23.7 Å². The largest absolute Gasteiger partial charge is 0.466 e. The van der Waals surface area contributed by atoms with Crippen molar-refractivity contribution in [1.29, 1.82) is 0 Å². The molecule has 19 heavy (non-hydrogen) atoms. The highest BCUT2D eigenvalue weighted by Crippen LogP contribution is 2.11. The van der Waals surface area contributed by atoms with Crippen molar-refractivity contribution in [2.45, 2.75) is 38.6 Å². The minimum atomic E-state index is -0.683. The molecule has 0 aromatic rings. The van der Waals surface area contributed by atoms with Gasteiger partial charge in [-0.15, -0.1) is 0 Å². The summed E-state index contributed by atoms with van der Waals surface area (Å²) in [6.45, 7) is 1.96. The van der Waals surface area contributed by atoms with E-state index in [1.807, 2.05) is 0 Å². The van der Waals surface area contributed by atoms with Crippen molar-refractivity contribution in [3.8, 4) is 0 Å². The van der Waals surface area contributed by atoms with Crippen LogP contribution in [0.5, 0.6) is 0 Å². The maximum atomic E-state index is 11.7. The summed E-state index contributed by atoms with van der Waals surface area (Å²) >= 11 is 0. The fourth-order valence-electron chi connectivity index (χ4n) is 1.76. The summed E-state index contributed by atoms with van der Waals surface area (Å²) in [5.74, 6) is -1.50. The molecule has 0 aromatic carbocycles. The summed E-state index contributed by atoms with van der Waals surface area (Å²) in [5, 5.41) is 2.53. The molecule has 0 bridgehead atoms. The zero-order chi connectivity index (χ0) is 14.4. The second kappa shape index (κ2) is 6.86. The number of piperidine rings is 1. The van der Waals surface area contributed by atoms with Gasteiger partial charge in [-0.05, 0) is 13.3 Å². The summed E-state index contributed by atoms with van der Waals surface area (Å²) in [7, 11) is 1.39. The van der Waals surface area contributed by atoms with Gasteiger partial charge in [-0.2, -0.15) is 0 Å². The summed E-state index contributed by atoms with van der Waals surface area (Å²) in [4.78, 5) is 46.6. The van der Waals surface area contributed by atoms with E-state index in [-0.39, 0.29) is 31.8 Å². The Morgan fingerprint density at radius 2 is 2.05 bits per heavy atom. The monoisotopic (exact) mass is 270 g/mol. The van der Waals surface area contributed by atoms with Crippen LogP contribution in [0, 0.1) is 0 Å². The van der Waals surface area contributed by atoms with E-state index in [1.54, 1.807) is 6.92 Å².